The van der Waals surface area contributed by atoms with Crippen molar-refractivity contribution < 1.29 is 9.53 Å². The van der Waals surface area contributed by atoms with Gasteiger partial charge in [-0.05, 0) is 30.9 Å². The van der Waals surface area contributed by atoms with Crippen molar-refractivity contribution in [3.8, 4) is 0 Å². The zero-order valence-corrected chi connectivity index (χ0v) is 14.1. The van der Waals surface area contributed by atoms with Crippen molar-refractivity contribution >= 4 is 6.09 Å². The summed E-state index contributed by atoms with van der Waals surface area (Å²) in [5, 5.41) is 0. The predicted molar refractivity (Wildman–Crippen MR) is 92.1 cm³/mol. The van der Waals surface area contributed by atoms with Crippen LogP contribution in [0.2, 0.25) is 0 Å². The first-order valence-corrected chi connectivity index (χ1v) is 8.61. The SMILES string of the molecule is CCN(CCN)C[C@@H]1CCCN(C(=O)OCc2ccccc2)C1. The molecule has 1 fully saturated rings. The predicted octanol–water partition coefficient (Wildman–Crippen LogP) is 2.32. The second-order valence-electron chi connectivity index (χ2n) is 6.18. The molecule has 0 bridgehead atoms. The van der Waals surface area contributed by atoms with E-state index >= 15 is 0 Å². The Balaban J connectivity index is 1.79. The maximum atomic E-state index is 12.3. The number of nitrogens with two attached hydrogens (primary N) is 1. The van der Waals surface area contributed by atoms with E-state index in [0.29, 0.717) is 19.1 Å². The quantitative estimate of drug-likeness (QED) is 0.838. The molecule has 128 valence electrons. The van der Waals surface area contributed by atoms with E-state index in [4.69, 9.17) is 10.5 Å². The molecule has 1 heterocycles. The Morgan fingerprint density at radius 2 is 2.17 bits per heavy atom. The monoisotopic (exact) mass is 319 g/mol. The maximum absolute atomic E-state index is 12.3. The number of amides is 1. The lowest BCUT2D eigenvalue weighted by Crippen LogP contribution is -2.44. The lowest BCUT2D eigenvalue weighted by molar-refractivity contribution is 0.0728. The van der Waals surface area contributed by atoms with Crippen molar-refractivity contribution in [2.24, 2.45) is 11.7 Å². The molecule has 1 aliphatic heterocycles. The summed E-state index contributed by atoms with van der Waals surface area (Å²) in [4.78, 5) is 16.5. The van der Waals surface area contributed by atoms with Gasteiger partial charge in [0.05, 0.1) is 0 Å². The van der Waals surface area contributed by atoms with Gasteiger partial charge < -0.3 is 20.3 Å². The molecule has 0 spiro atoms. The van der Waals surface area contributed by atoms with Gasteiger partial charge in [-0.3, -0.25) is 0 Å². The maximum Gasteiger partial charge on any atom is 0.410 e. The summed E-state index contributed by atoms with van der Waals surface area (Å²) in [5.41, 5.74) is 6.68. The number of rotatable bonds is 7. The first kappa shape index (κ1) is 17.8. The number of ether oxygens (including phenoxy) is 1. The molecule has 0 saturated carbocycles. The van der Waals surface area contributed by atoms with Gasteiger partial charge >= 0.3 is 6.09 Å². The van der Waals surface area contributed by atoms with Gasteiger partial charge in [0, 0.05) is 32.7 Å². The van der Waals surface area contributed by atoms with Gasteiger partial charge in [0.15, 0.2) is 0 Å². The molecule has 0 radical (unpaired) electrons. The van der Waals surface area contributed by atoms with Crippen molar-refractivity contribution in [2.45, 2.75) is 26.4 Å². The van der Waals surface area contributed by atoms with Crippen molar-refractivity contribution in [1.29, 1.82) is 0 Å². The third kappa shape index (κ3) is 5.84. The number of piperidine rings is 1. The van der Waals surface area contributed by atoms with Crippen LogP contribution in [0.5, 0.6) is 0 Å². The molecule has 2 N–H and O–H groups in total. The molecule has 1 atom stereocenters. The van der Waals surface area contributed by atoms with Gasteiger partial charge in [-0.2, -0.15) is 0 Å². The minimum atomic E-state index is -0.194. The number of benzene rings is 1. The van der Waals surface area contributed by atoms with Gasteiger partial charge in [-0.1, -0.05) is 37.3 Å². The zero-order chi connectivity index (χ0) is 16.5. The van der Waals surface area contributed by atoms with E-state index in [9.17, 15) is 4.79 Å². The van der Waals surface area contributed by atoms with Gasteiger partial charge in [0.25, 0.3) is 0 Å². The molecule has 0 aliphatic carbocycles. The van der Waals surface area contributed by atoms with Crippen LogP contribution < -0.4 is 5.73 Å². The minimum Gasteiger partial charge on any atom is -0.445 e. The first-order valence-electron chi connectivity index (χ1n) is 8.61. The van der Waals surface area contributed by atoms with E-state index in [1.54, 1.807) is 0 Å². The van der Waals surface area contributed by atoms with Crippen LogP contribution in [0.3, 0.4) is 0 Å². The number of carbonyl (C=O) groups is 1. The standard InChI is InChI=1S/C18H29N3O2/c1-2-20(12-10-19)13-17-9-6-11-21(14-17)18(22)23-15-16-7-4-3-5-8-16/h3-5,7-8,17H,2,6,9-15,19H2,1H3/t17-/m0/s1. The summed E-state index contributed by atoms with van der Waals surface area (Å²) in [7, 11) is 0. The molecule has 23 heavy (non-hydrogen) atoms. The van der Waals surface area contributed by atoms with E-state index in [1.165, 1.54) is 6.42 Å². The number of nitrogens with zero attached hydrogens (tertiary/aromatic N) is 2. The van der Waals surface area contributed by atoms with Gasteiger partial charge in [-0.25, -0.2) is 4.79 Å². The van der Waals surface area contributed by atoms with Crippen molar-refractivity contribution in [2.75, 3.05) is 39.3 Å². The fourth-order valence-electron chi connectivity index (χ4n) is 3.12. The Kier molecular flexibility index (Phi) is 7.36. The largest absolute Gasteiger partial charge is 0.445 e. The fourth-order valence-corrected chi connectivity index (χ4v) is 3.12. The fraction of sp³-hybridized carbons (Fsp3) is 0.611. The molecule has 0 unspecified atom stereocenters. The second-order valence-corrected chi connectivity index (χ2v) is 6.18. The van der Waals surface area contributed by atoms with Crippen LogP contribution in [0.25, 0.3) is 0 Å². The number of carbonyl (C=O) groups excluding carboxylic acids is 1. The molecule has 5 nitrogen and oxygen atoms in total. The Hall–Kier alpha value is -1.59. The van der Waals surface area contributed by atoms with Crippen LogP contribution in [0.15, 0.2) is 30.3 Å². The summed E-state index contributed by atoms with van der Waals surface area (Å²) in [6.45, 7) is 7.71. The second kappa shape index (κ2) is 9.53. The molecule has 2 rings (SSSR count). The molecule has 1 aromatic rings. The van der Waals surface area contributed by atoms with Crippen molar-refractivity contribution in [1.82, 2.24) is 9.80 Å². The van der Waals surface area contributed by atoms with Gasteiger partial charge in [0.2, 0.25) is 0 Å². The average Bonchev–Trinajstić information content (AvgIpc) is 2.60. The highest BCUT2D eigenvalue weighted by molar-refractivity contribution is 5.67. The highest BCUT2D eigenvalue weighted by Crippen LogP contribution is 2.18. The van der Waals surface area contributed by atoms with Crippen LogP contribution in [0.4, 0.5) is 4.79 Å². The molecule has 1 aliphatic rings. The van der Waals surface area contributed by atoms with E-state index < -0.39 is 0 Å². The number of likely N-dealkylation sites (N-methyl/N-ethyl adjacent to an activating group) is 1. The van der Waals surface area contributed by atoms with E-state index in [-0.39, 0.29) is 6.09 Å². The van der Waals surface area contributed by atoms with Crippen LogP contribution in [0, 0.1) is 5.92 Å². The summed E-state index contributed by atoms with van der Waals surface area (Å²) in [5.74, 6) is 0.513. The summed E-state index contributed by atoms with van der Waals surface area (Å²) in [6, 6.07) is 9.81. The third-order valence-electron chi connectivity index (χ3n) is 4.39. The lowest BCUT2D eigenvalue weighted by Gasteiger charge is -2.34. The average molecular weight is 319 g/mol. The summed E-state index contributed by atoms with van der Waals surface area (Å²) < 4.78 is 5.45. The van der Waals surface area contributed by atoms with Crippen LogP contribution >= 0.6 is 0 Å². The van der Waals surface area contributed by atoms with Crippen LogP contribution in [-0.2, 0) is 11.3 Å². The van der Waals surface area contributed by atoms with Crippen LogP contribution in [0.1, 0.15) is 25.3 Å². The summed E-state index contributed by atoms with van der Waals surface area (Å²) >= 11 is 0. The molecular weight excluding hydrogens is 290 g/mol. The Morgan fingerprint density at radius 1 is 1.39 bits per heavy atom. The zero-order valence-electron chi connectivity index (χ0n) is 14.1. The molecular formula is C18H29N3O2. The smallest absolute Gasteiger partial charge is 0.410 e. The highest BCUT2D eigenvalue weighted by Gasteiger charge is 2.25. The number of likely N-dealkylation sites (tertiary alicyclic amines) is 1. The molecule has 1 saturated heterocycles. The normalized spacial score (nSPS) is 18.2. The molecule has 5 heteroatoms. The van der Waals surface area contributed by atoms with E-state index in [0.717, 1.165) is 44.7 Å². The Bertz CT molecular complexity index is 467. The van der Waals surface area contributed by atoms with Gasteiger partial charge in [0.1, 0.15) is 6.61 Å². The number of hydrogen-bond acceptors (Lipinski definition) is 4. The third-order valence-corrected chi connectivity index (χ3v) is 4.39. The molecule has 0 aromatic heterocycles. The highest BCUT2D eigenvalue weighted by atomic mass is 16.6. The Morgan fingerprint density at radius 3 is 2.87 bits per heavy atom. The molecule has 1 aromatic carbocycles. The topological polar surface area (TPSA) is 58.8 Å². The Labute approximate surface area is 139 Å². The summed E-state index contributed by atoms with van der Waals surface area (Å²) in [6.07, 6.45) is 2.02. The van der Waals surface area contributed by atoms with E-state index in [2.05, 4.69) is 11.8 Å². The lowest BCUT2D eigenvalue weighted by atomic mass is 9.97. The number of hydrogen-bond donors (Lipinski definition) is 1. The minimum absolute atomic E-state index is 0.194. The van der Waals surface area contributed by atoms with Crippen LogP contribution in [-0.4, -0.2) is 55.2 Å². The first-order chi connectivity index (χ1) is 11.2. The van der Waals surface area contributed by atoms with Gasteiger partial charge in [-0.15, -0.1) is 0 Å². The van der Waals surface area contributed by atoms with Crippen molar-refractivity contribution in [3.63, 3.8) is 0 Å². The van der Waals surface area contributed by atoms with Crippen molar-refractivity contribution in [3.05, 3.63) is 35.9 Å². The van der Waals surface area contributed by atoms with E-state index in [1.807, 2.05) is 35.2 Å². The molecule has 1 amide bonds.